The van der Waals surface area contributed by atoms with Crippen LogP contribution in [0.2, 0.25) is 0 Å². The van der Waals surface area contributed by atoms with E-state index in [1.165, 1.54) is 12.8 Å². The molecule has 33 heavy (non-hydrogen) atoms. The topological polar surface area (TPSA) is 71.1 Å². The fourth-order valence-electron chi connectivity index (χ4n) is 5.00. The highest BCUT2D eigenvalue weighted by atomic mass is 16.6. The van der Waals surface area contributed by atoms with E-state index in [1.54, 1.807) is 4.90 Å². The molecule has 3 aliphatic heterocycles. The molecule has 0 saturated carbocycles. The summed E-state index contributed by atoms with van der Waals surface area (Å²) >= 11 is 0. The van der Waals surface area contributed by atoms with Crippen LogP contribution in [0.1, 0.15) is 41.6 Å². The number of anilines is 1. The number of nitrogens with zero attached hydrogens (tertiary/aromatic N) is 2. The molecule has 0 radical (unpaired) electrons. The first-order chi connectivity index (χ1) is 16.2. The molecule has 2 amide bonds. The molecule has 1 atom stereocenters. The van der Waals surface area contributed by atoms with Crippen molar-refractivity contribution in [1.29, 1.82) is 0 Å². The monoisotopic (exact) mass is 449 g/mol. The number of carbonyl (C=O) groups excluding carboxylic acids is 2. The predicted molar refractivity (Wildman–Crippen MR) is 126 cm³/mol. The number of para-hydroxylation sites is 1. The van der Waals surface area contributed by atoms with Crippen molar-refractivity contribution in [3.05, 3.63) is 59.7 Å². The Hall–Kier alpha value is -3.06. The van der Waals surface area contributed by atoms with Crippen LogP contribution in [-0.2, 0) is 11.3 Å². The number of piperidine rings is 2. The van der Waals surface area contributed by atoms with Gasteiger partial charge in [-0.05, 0) is 62.6 Å². The Morgan fingerprint density at radius 3 is 2.61 bits per heavy atom. The maximum absolute atomic E-state index is 13.0. The lowest BCUT2D eigenvalue weighted by Gasteiger charge is -2.40. The van der Waals surface area contributed by atoms with Crippen LogP contribution in [0.15, 0.2) is 48.5 Å². The Morgan fingerprint density at radius 1 is 1.06 bits per heavy atom. The highest BCUT2D eigenvalue weighted by molar-refractivity contribution is 5.94. The zero-order chi connectivity index (χ0) is 22.6. The van der Waals surface area contributed by atoms with E-state index in [-0.39, 0.29) is 18.0 Å². The predicted octanol–water partition coefficient (Wildman–Crippen LogP) is 3.83. The van der Waals surface area contributed by atoms with Crippen molar-refractivity contribution in [2.24, 2.45) is 5.92 Å². The van der Waals surface area contributed by atoms with E-state index in [9.17, 15) is 9.59 Å². The Kier molecular flexibility index (Phi) is 6.48. The van der Waals surface area contributed by atoms with E-state index in [4.69, 9.17) is 9.47 Å². The largest absolute Gasteiger partial charge is 0.493 e. The van der Waals surface area contributed by atoms with Crippen LogP contribution in [0, 0.1) is 5.92 Å². The van der Waals surface area contributed by atoms with Crippen molar-refractivity contribution < 1.29 is 19.1 Å². The molecule has 174 valence electrons. The summed E-state index contributed by atoms with van der Waals surface area (Å²) in [6.45, 7) is 4.36. The molecule has 0 aromatic heterocycles. The zero-order valence-corrected chi connectivity index (χ0v) is 18.9. The normalized spacial score (nSPS) is 21.3. The van der Waals surface area contributed by atoms with Crippen molar-refractivity contribution in [3.63, 3.8) is 0 Å². The van der Waals surface area contributed by atoms with Crippen LogP contribution in [-0.4, -0.2) is 55.7 Å². The molecule has 3 heterocycles. The fraction of sp³-hybridized carbons (Fsp3) is 0.462. The molecule has 2 fully saturated rings. The third-order valence-electron chi connectivity index (χ3n) is 6.90. The van der Waals surface area contributed by atoms with Gasteiger partial charge in [0.2, 0.25) is 0 Å². The number of amides is 2. The summed E-state index contributed by atoms with van der Waals surface area (Å²) in [5, 5.41) is 3.40. The number of hydrogen-bond donors (Lipinski definition) is 1. The second kappa shape index (κ2) is 9.83. The smallest absolute Gasteiger partial charge is 0.414 e. The standard InChI is InChI=1S/C26H31N3O4/c30-25(20-7-9-23(10-8-20)32-17-19-4-3-13-27-16-19)28-14-11-22(12-15-28)29-24-6-2-1-5-21(24)18-33-26(29)31/h1-2,5-10,19,22,27H,3-4,11-18H2. The van der Waals surface area contributed by atoms with Crippen molar-refractivity contribution in [2.75, 3.05) is 37.7 Å². The average molecular weight is 450 g/mol. The Morgan fingerprint density at radius 2 is 1.85 bits per heavy atom. The first kappa shape index (κ1) is 21.8. The Labute approximate surface area is 194 Å². The first-order valence-electron chi connectivity index (χ1n) is 12.0. The summed E-state index contributed by atoms with van der Waals surface area (Å²) in [7, 11) is 0. The third-order valence-corrected chi connectivity index (χ3v) is 6.90. The van der Waals surface area contributed by atoms with Gasteiger partial charge in [-0.2, -0.15) is 0 Å². The van der Waals surface area contributed by atoms with E-state index in [2.05, 4.69) is 5.32 Å². The van der Waals surface area contributed by atoms with Crippen LogP contribution in [0.3, 0.4) is 0 Å². The van der Waals surface area contributed by atoms with Gasteiger partial charge in [-0.25, -0.2) is 4.79 Å². The first-order valence-corrected chi connectivity index (χ1v) is 12.0. The highest BCUT2D eigenvalue weighted by Gasteiger charge is 2.35. The van der Waals surface area contributed by atoms with Gasteiger partial charge in [0, 0.05) is 42.7 Å². The number of hydrogen-bond acceptors (Lipinski definition) is 5. The molecular formula is C26H31N3O4. The fourth-order valence-corrected chi connectivity index (χ4v) is 5.00. The van der Waals surface area contributed by atoms with Gasteiger partial charge in [0.15, 0.2) is 0 Å². The Balaban J connectivity index is 1.16. The van der Waals surface area contributed by atoms with Gasteiger partial charge in [0.25, 0.3) is 5.91 Å². The number of carbonyl (C=O) groups is 2. The summed E-state index contributed by atoms with van der Waals surface area (Å²) in [4.78, 5) is 29.2. The number of ether oxygens (including phenoxy) is 2. The minimum absolute atomic E-state index is 0.0260. The van der Waals surface area contributed by atoms with Crippen molar-refractivity contribution in [3.8, 4) is 5.75 Å². The van der Waals surface area contributed by atoms with Crippen LogP contribution in [0.25, 0.3) is 0 Å². The molecule has 1 N–H and O–H groups in total. The minimum atomic E-state index is -0.293. The number of fused-ring (bicyclic) bond motifs is 1. The molecule has 1 unspecified atom stereocenters. The summed E-state index contributed by atoms with van der Waals surface area (Å²) in [5.74, 6) is 1.38. The molecule has 5 rings (SSSR count). The quantitative estimate of drug-likeness (QED) is 0.751. The number of benzene rings is 2. The number of likely N-dealkylation sites (tertiary alicyclic amines) is 1. The van der Waals surface area contributed by atoms with Crippen molar-refractivity contribution >= 4 is 17.7 Å². The molecule has 0 spiro atoms. The maximum Gasteiger partial charge on any atom is 0.414 e. The molecule has 0 bridgehead atoms. The van der Waals surface area contributed by atoms with Gasteiger partial charge in [0.1, 0.15) is 12.4 Å². The van der Waals surface area contributed by atoms with Crippen LogP contribution < -0.4 is 15.0 Å². The summed E-state index contributed by atoms with van der Waals surface area (Å²) in [6, 6.07) is 15.4. The third kappa shape index (κ3) is 4.83. The lowest BCUT2D eigenvalue weighted by atomic mass is 10.00. The van der Waals surface area contributed by atoms with Crippen molar-refractivity contribution in [2.45, 2.75) is 38.3 Å². The van der Waals surface area contributed by atoms with Crippen LogP contribution in [0.4, 0.5) is 10.5 Å². The lowest BCUT2D eigenvalue weighted by Crippen LogP contribution is -2.50. The van der Waals surface area contributed by atoms with E-state index in [0.29, 0.717) is 37.8 Å². The molecule has 7 nitrogen and oxygen atoms in total. The molecule has 0 aliphatic carbocycles. The average Bonchev–Trinajstić information content (AvgIpc) is 2.88. The number of cyclic esters (lactones) is 1. The molecular weight excluding hydrogens is 418 g/mol. The van der Waals surface area contributed by atoms with Gasteiger partial charge in [-0.1, -0.05) is 18.2 Å². The van der Waals surface area contributed by atoms with Gasteiger partial charge in [0.05, 0.1) is 12.3 Å². The van der Waals surface area contributed by atoms with Gasteiger partial charge in [-0.15, -0.1) is 0 Å². The SMILES string of the molecule is O=C(c1ccc(OCC2CCCNC2)cc1)N1CCC(N2C(=O)OCc3ccccc32)CC1. The Bertz CT molecular complexity index is 979. The van der Waals surface area contributed by atoms with Crippen molar-refractivity contribution in [1.82, 2.24) is 10.2 Å². The molecule has 3 aliphatic rings. The van der Waals surface area contributed by atoms with Gasteiger partial charge < -0.3 is 19.7 Å². The van der Waals surface area contributed by atoms with E-state index in [0.717, 1.165) is 42.9 Å². The van der Waals surface area contributed by atoms with Crippen LogP contribution in [0.5, 0.6) is 5.75 Å². The summed E-state index contributed by atoms with van der Waals surface area (Å²) in [6.07, 6.45) is 3.56. The summed E-state index contributed by atoms with van der Waals surface area (Å²) < 4.78 is 11.3. The maximum atomic E-state index is 13.0. The second-order valence-corrected chi connectivity index (χ2v) is 9.12. The molecule has 2 saturated heterocycles. The molecule has 2 aromatic carbocycles. The highest BCUT2D eigenvalue weighted by Crippen LogP contribution is 2.32. The van der Waals surface area contributed by atoms with E-state index < -0.39 is 0 Å². The molecule has 2 aromatic rings. The zero-order valence-electron chi connectivity index (χ0n) is 18.9. The lowest BCUT2D eigenvalue weighted by molar-refractivity contribution is 0.0708. The number of rotatable bonds is 5. The van der Waals surface area contributed by atoms with E-state index in [1.807, 2.05) is 53.4 Å². The van der Waals surface area contributed by atoms with E-state index >= 15 is 0 Å². The molecule has 7 heteroatoms. The minimum Gasteiger partial charge on any atom is -0.493 e. The van der Waals surface area contributed by atoms with Gasteiger partial charge >= 0.3 is 6.09 Å². The second-order valence-electron chi connectivity index (χ2n) is 9.12. The number of nitrogens with one attached hydrogen (secondary N) is 1. The summed E-state index contributed by atoms with van der Waals surface area (Å²) in [5.41, 5.74) is 2.62. The van der Waals surface area contributed by atoms with Crippen LogP contribution >= 0.6 is 0 Å². The van der Waals surface area contributed by atoms with Gasteiger partial charge in [-0.3, -0.25) is 9.69 Å².